The van der Waals surface area contributed by atoms with E-state index in [0.29, 0.717) is 5.82 Å². The van der Waals surface area contributed by atoms with Crippen molar-refractivity contribution in [2.45, 2.75) is 6.42 Å². The molecular weight excluding hydrogens is 226 g/mol. The average Bonchev–Trinajstić information content (AvgIpc) is 2.34. The standard InChI is InChI=1S/C12H8F2N2O/c13-9-3-2-8(6-10(9)14)11(17)7-12-15-4-1-5-16-12/h1-6H,7H2. The largest absolute Gasteiger partial charge is 0.294 e. The van der Waals surface area contributed by atoms with Crippen molar-refractivity contribution in [1.29, 1.82) is 0 Å². The van der Waals surface area contributed by atoms with E-state index in [1.54, 1.807) is 6.07 Å². The maximum absolute atomic E-state index is 12.9. The Balaban J connectivity index is 2.18. The summed E-state index contributed by atoms with van der Waals surface area (Å²) in [6.45, 7) is 0. The molecule has 0 radical (unpaired) electrons. The van der Waals surface area contributed by atoms with E-state index in [0.717, 1.165) is 12.1 Å². The van der Waals surface area contributed by atoms with Crippen LogP contribution in [0.25, 0.3) is 0 Å². The van der Waals surface area contributed by atoms with E-state index in [1.807, 2.05) is 0 Å². The van der Waals surface area contributed by atoms with Crippen LogP contribution in [-0.4, -0.2) is 15.8 Å². The van der Waals surface area contributed by atoms with Crippen molar-refractivity contribution < 1.29 is 13.6 Å². The molecule has 0 aliphatic rings. The minimum absolute atomic E-state index is 0.0358. The zero-order valence-electron chi connectivity index (χ0n) is 8.73. The second-order valence-electron chi connectivity index (χ2n) is 3.39. The van der Waals surface area contributed by atoms with Crippen molar-refractivity contribution in [2.75, 3.05) is 0 Å². The molecule has 86 valence electrons. The van der Waals surface area contributed by atoms with Crippen molar-refractivity contribution in [3.63, 3.8) is 0 Å². The van der Waals surface area contributed by atoms with Gasteiger partial charge in [0.2, 0.25) is 0 Å². The molecule has 2 rings (SSSR count). The molecule has 0 atom stereocenters. The third-order valence-electron chi connectivity index (χ3n) is 2.18. The van der Waals surface area contributed by atoms with Gasteiger partial charge in [-0.05, 0) is 24.3 Å². The quantitative estimate of drug-likeness (QED) is 0.764. The van der Waals surface area contributed by atoms with Gasteiger partial charge < -0.3 is 0 Å². The number of hydrogen-bond acceptors (Lipinski definition) is 3. The Kier molecular flexibility index (Phi) is 3.18. The first-order valence-electron chi connectivity index (χ1n) is 4.91. The van der Waals surface area contributed by atoms with Crippen LogP contribution in [0.1, 0.15) is 16.2 Å². The van der Waals surface area contributed by atoms with Crippen molar-refractivity contribution in [3.8, 4) is 0 Å². The van der Waals surface area contributed by atoms with E-state index in [4.69, 9.17) is 0 Å². The molecule has 1 aromatic carbocycles. The van der Waals surface area contributed by atoms with Gasteiger partial charge in [0.1, 0.15) is 5.82 Å². The lowest BCUT2D eigenvalue weighted by atomic mass is 10.1. The summed E-state index contributed by atoms with van der Waals surface area (Å²) in [5.74, 6) is -2.01. The molecule has 5 heteroatoms. The van der Waals surface area contributed by atoms with E-state index in [2.05, 4.69) is 9.97 Å². The number of nitrogens with zero attached hydrogens (tertiary/aromatic N) is 2. The summed E-state index contributed by atoms with van der Waals surface area (Å²) in [5, 5.41) is 0. The second-order valence-corrected chi connectivity index (χ2v) is 3.39. The van der Waals surface area contributed by atoms with E-state index >= 15 is 0 Å². The molecule has 0 unspecified atom stereocenters. The number of rotatable bonds is 3. The van der Waals surface area contributed by atoms with Crippen molar-refractivity contribution in [3.05, 3.63) is 59.7 Å². The topological polar surface area (TPSA) is 42.9 Å². The highest BCUT2D eigenvalue weighted by molar-refractivity contribution is 5.97. The Hall–Kier alpha value is -2.17. The predicted molar refractivity (Wildman–Crippen MR) is 56.4 cm³/mol. The Labute approximate surface area is 96.2 Å². The lowest BCUT2D eigenvalue weighted by Gasteiger charge is -2.00. The van der Waals surface area contributed by atoms with E-state index in [1.165, 1.54) is 18.5 Å². The Morgan fingerprint density at radius 2 is 1.82 bits per heavy atom. The summed E-state index contributed by atoms with van der Waals surface area (Å²) in [6, 6.07) is 4.67. The monoisotopic (exact) mass is 234 g/mol. The molecule has 0 spiro atoms. The second kappa shape index (κ2) is 4.78. The van der Waals surface area contributed by atoms with Crippen molar-refractivity contribution >= 4 is 5.78 Å². The summed E-state index contributed by atoms with van der Waals surface area (Å²) in [7, 11) is 0. The smallest absolute Gasteiger partial charge is 0.170 e. The molecule has 0 saturated carbocycles. The van der Waals surface area contributed by atoms with Gasteiger partial charge in [0.15, 0.2) is 17.4 Å². The first-order valence-corrected chi connectivity index (χ1v) is 4.91. The molecule has 1 heterocycles. The van der Waals surface area contributed by atoms with Crippen LogP contribution in [0, 0.1) is 11.6 Å². The molecule has 0 amide bonds. The van der Waals surface area contributed by atoms with Crippen LogP contribution in [-0.2, 0) is 6.42 Å². The van der Waals surface area contributed by atoms with Crippen LogP contribution in [0.15, 0.2) is 36.7 Å². The third kappa shape index (κ3) is 2.69. The third-order valence-corrected chi connectivity index (χ3v) is 2.18. The molecule has 0 aliphatic heterocycles. The van der Waals surface area contributed by atoms with Crippen LogP contribution in [0.5, 0.6) is 0 Å². The van der Waals surface area contributed by atoms with Gasteiger partial charge in [0.25, 0.3) is 0 Å². The molecule has 2 aromatic rings. The minimum Gasteiger partial charge on any atom is -0.294 e. The minimum atomic E-state index is -1.04. The van der Waals surface area contributed by atoms with Crippen LogP contribution >= 0.6 is 0 Å². The van der Waals surface area contributed by atoms with E-state index < -0.39 is 11.6 Å². The fourth-order valence-electron chi connectivity index (χ4n) is 1.34. The molecule has 0 aliphatic carbocycles. The molecule has 0 saturated heterocycles. The van der Waals surface area contributed by atoms with Crippen LogP contribution in [0.4, 0.5) is 8.78 Å². The molecule has 3 nitrogen and oxygen atoms in total. The van der Waals surface area contributed by atoms with Gasteiger partial charge in [0.05, 0.1) is 6.42 Å². The molecule has 0 fully saturated rings. The summed E-state index contributed by atoms with van der Waals surface area (Å²) in [6.07, 6.45) is 2.99. The maximum atomic E-state index is 12.9. The number of ketones is 1. The van der Waals surface area contributed by atoms with Gasteiger partial charge in [-0.3, -0.25) is 4.79 Å². The zero-order chi connectivity index (χ0) is 12.3. The molecule has 1 aromatic heterocycles. The van der Waals surface area contributed by atoms with Crippen LogP contribution < -0.4 is 0 Å². The lowest BCUT2D eigenvalue weighted by Crippen LogP contribution is -2.07. The van der Waals surface area contributed by atoms with Gasteiger partial charge in [0, 0.05) is 18.0 Å². The Morgan fingerprint density at radius 3 is 2.47 bits per heavy atom. The number of carbonyl (C=O) groups is 1. The fourth-order valence-corrected chi connectivity index (χ4v) is 1.34. The summed E-state index contributed by atoms with van der Waals surface area (Å²) in [5.41, 5.74) is 0.108. The summed E-state index contributed by atoms with van der Waals surface area (Å²) in [4.78, 5) is 19.5. The highest BCUT2D eigenvalue weighted by Crippen LogP contribution is 2.10. The lowest BCUT2D eigenvalue weighted by molar-refractivity contribution is 0.0990. The highest BCUT2D eigenvalue weighted by Gasteiger charge is 2.11. The van der Waals surface area contributed by atoms with Crippen molar-refractivity contribution in [2.24, 2.45) is 0 Å². The van der Waals surface area contributed by atoms with Gasteiger partial charge >= 0.3 is 0 Å². The van der Waals surface area contributed by atoms with E-state index in [9.17, 15) is 13.6 Å². The van der Waals surface area contributed by atoms with Gasteiger partial charge in [-0.25, -0.2) is 18.7 Å². The predicted octanol–water partition coefficient (Wildman–Crippen LogP) is 2.18. The van der Waals surface area contributed by atoms with E-state index in [-0.39, 0.29) is 17.8 Å². The van der Waals surface area contributed by atoms with Gasteiger partial charge in [-0.2, -0.15) is 0 Å². The number of aromatic nitrogens is 2. The SMILES string of the molecule is O=C(Cc1ncccn1)c1ccc(F)c(F)c1. The molecule has 17 heavy (non-hydrogen) atoms. The molecular formula is C12H8F2N2O. The average molecular weight is 234 g/mol. The van der Waals surface area contributed by atoms with Gasteiger partial charge in [-0.15, -0.1) is 0 Å². The number of benzene rings is 1. The maximum Gasteiger partial charge on any atom is 0.170 e. The summed E-state index contributed by atoms with van der Waals surface area (Å²) >= 11 is 0. The normalized spacial score (nSPS) is 10.2. The zero-order valence-corrected chi connectivity index (χ0v) is 8.73. The first-order chi connectivity index (χ1) is 8.16. The summed E-state index contributed by atoms with van der Waals surface area (Å²) < 4.78 is 25.6. The van der Waals surface area contributed by atoms with Crippen LogP contribution in [0.3, 0.4) is 0 Å². The first kappa shape index (κ1) is 11.3. The highest BCUT2D eigenvalue weighted by atomic mass is 19.2. The fraction of sp³-hybridized carbons (Fsp3) is 0.0833. The number of hydrogen-bond donors (Lipinski definition) is 0. The van der Waals surface area contributed by atoms with Gasteiger partial charge in [-0.1, -0.05) is 0 Å². The number of carbonyl (C=O) groups excluding carboxylic acids is 1. The number of halogens is 2. The molecule has 0 bridgehead atoms. The van der Waals surface area contributed by atoms with Crippen molar-refractivity contribution in [1.82, 2.24) is 9.97 Å². The molecule has 0 N–H and O–H groups in total. The Morgan fingerprint density at radius 1 is 1.12 bits per heavy atom. The van der Waals surface area contributed by atoms with Crippen LogP contribution in [0.2, 0.25) is 0 Å². The number of Topliss-reactive ketones (excluding diaryl/α,β-unsaturated/α-hetero) is 1. The Bertz CT molecular complexity index is 543.